The van der Waals surface area contributed by atoms with Gasteiger partial charge in [-0.2, -0.15) is 0 Å². The minimum atomic E-state index is -0.319. The van der Waals surface area contributed by atoms with Crippen LogP contribution in [0.1, 0.15) is 5.56 Å². The molecule has 1 aromatic heterocycles. The first-order valence-corrected chi connectivity index (χ1v) is 11.3. The maximum absolute atomic E-state index is 12.2. The molecule has 0 aliphatic heterocycles. The van der Waals surface area contributed by atoms with E-state index >= 15 is 0 Å². The van der Waals surface area contributed by atoms with Crippen molar-refractivity contribution in [1.82, 2.24) is 10.3 Å². The van der Waals surface area contributed by atoms with Crippen LogP contribution in [0.15, 0.2) is 95.4 Å². The number of aromatic nitrogens is 1. The van der Waals surface area contributed by atoms with Gasteiger partial charge in [0.1, 0.15) is 5.52 Å². The number of oxazole rings is 1. The van der Waals surface area contributed by atoms with Crippen molar-refractivity contribution in [2.75, 3.05) is 5.32 Å². The number of thiocarbonyl (C=S) groups is 1. The van der Waals surface area contributed by atoms with E-state index in [0.29, 0.717) is 27.7 Å². The summed E-state index contributed by atoms with van der Waals surface area (Å²) in [6.45, 7) is 0. The van der Waals surface area contributed by atoms with Gasteiger partial charge in [-0.1, -0.05) is 66.2 Å². The van der Waals surface area contributed by atoms with E-state index in [1.54, 1.807) is 6.08 Å². The molecule has 1 amide bonds. The molecule has 4 aromatic carbocycles. The van der Waals surface area contributed by atoms with E-state index in [1.807, 2.05) is 84.9 Å². The number of amides is 1. The summed E-state index contributed by atoms with van der Waals surface area (Å²) in [5.74, 6) is 0.183. The molecule has 0 atom stereocenters. The van der Waals surface area contributed by atoms with Gasteiger partial charge >= 0.3 is 0 Å². The van der Waals surface area contributed by atoms with Crippen molar-refractivity contribution in [3.8, 4) is 11.5 Å². The van der Waals surface area contributed by atoms with Gasteiger partial charge in [0.25, 0.3) is 0 Å². The zero-order valence-corrected chi connectivity index (χ0v) is 19.4. The molecule has 0 radical (unpaired) electrons. The lowest BCUT2D eigenvalue weighted by Crippen LogP contribution is -2.32. The number of nitrogens with one attached hydrogen (secondary N) is 2. The first-order chi connectivity index (χ1) is 16.6. The number of anilines is 1. The van der Waals surface area contributed by atoms with Crippen molar-refractivity contribution in [2.24, 2.45) is 0 Å². The van der Waals surface area contributed by atoms with Crippen LogP contribution in [0.3, 0.4) is 0 Å². The van der Waals surface area contributed by atoms with Crippen LogP contribution in [0.4, 0.5) is 5.69 Å². The van der Waals surface area contributed by atoms with E-state index in [1.165, 1.54) is 6.08 Å². The van der Waals surface area contributed by atoms with E-state index in [2.05, 4.69) is 15.6 Å². The Labute approximate surface area is 206 Å². The van der Waals surface area contributed by atoms with Gasteiger partial charge in [-0.15, -0.1) is 0 Å². The van der Waals surface area contributed by atoms with Crippen molar-refractivity contribution in [2.45, 2.75) is 0 Å². The summed E-state index contributed by atoms with van der Waals surface area (Å²) < 4.78 is 6.01. The van der Waals surface area contributed by atoms with Crippen LogP contribution in [0.2, 0.25) is 5.02 Å². The smallest absolute Gasteiger partial charge is 0.250 e. The zero-order valence-electron chi connectivity index (χ0n) is 17.8. The van der Waals surface area contributed by atoms with Crippen molar-refractivity contribution in [3.63, 3.8) is 0 Å². The van der Waals surface area contributed by atoms with Crippen LogP contribution in [-0.2, 0) is 4.79 Å². The normalized spacial score (nSPS) is 11.2. The van der Waals surface area contributed by atoms with Crippen LogP contribution in [-0.4, -0.2) is 16.0 Å². The lowest BCUT2D eigenvalue weighted by molar-refractivity contribution is -0.115. The van der Waals surface area contributed by atoms with Crippen LogP contribution < -0.4 is 10.6 Å². The van der Waals surface area contributed by atoms with Gasteiger partial charge < -0.3 is 9.73 Å². The molecular formula is C27H18ClN3O2S. The highest BCUT2D eigenvalue weighted by Gasteiger charge is 2.13. The largest absolute Gasteiger partial charge is 0.436 e. The molecule has 0 saturated carbocycles. The van der Waals surface area contributed by atoms with Gasteiger partial charge in [0, 0.05) is 27.7 Å². The summed E-state index contributed by atoms with van der Waals surface area (Å²) in [4.78, 5) is 16.8. The SMILES string of the molecule is O=C(C=Cc1ccccc1)NC(=S)Nc1ccc2oc(-c3cccc4c(Cl)cccc34)nc2c1. The molecule has 1 heterocycles. The Kier molecular flexibility index (Phi) is 6.08. The number of carbonyl (C=O) groups is 1. The average molecular weight is 484 g/mol. The summed E-state index contributed by atoms with van der Waals surface area (Å²) in [7, 11) is 0. The Hall–Kier alpha value is -4.00. The molecule has 5 rings (SSSR count). The number of carbonyl (C=O) groups excluding carboxylic acids is 1. The predicted octanol–water partition coefficient (Wildman–Crippen LogP) is 6.83. The number of benzene rings is 4. The summed E-state index contributed by atoms with van der Waals surface area (Å²) >= 11 is 11.6. The summed E-state index contributed by atoms with van der Waals surface area (Å²) in [6, 6.07) is 26.6. The Morgan fingerprint density at radius 1 is 0.941 bits per heavy atom. The highest BCUT2D eigenvalue weighted by atomic mass is 35.5. The molecule has 34 heavy (non-hydrogen) atoms. The molecular weight excluding hydrogens is 466 g/mol. The first kappa shape index (κ1) is 21.8. The molecule has 0 spiro atoms. The van der Waals surface area contributed by atoms with Gasteiger partial charge in [-0.25, -0.2) is 4.98 Å². The third-order valence-electron chi connectivity index (χ3n) is 5.21. The topological polar surface area (TPSA) is 67.2 Å². The van der Waals surface area contributed by atoms with Crippen LogP contribution in [0.5, 0.6) is 0 Å². The van der Waals surface area contributed by atoms with Crippen molar-refractivity contribution >= 4 is 68.5 Å². The number of hydrogen-bond acceptors (Lipinski definition) is 4. The molecule has 5 nitrogen and oxygen atoms in total. The van der Waals surface area contributed by atoms with Gasteiger partial charge in [0.2, 0.25) is 11.8 Å². The predicted molar refractivity (Wildman–Crippen MR) is 142 cm³/mol. The zero-order chi connectivity index (χ0) is 23.5. The summed E-state index contributed by atoms with van der Waals surface area (Å²) in [5.41, 5.74) is 3.78. The number of hydrogen-bond donors (Lipinski definition) is 2. The second kappa shape index (κ2) is 9.47. The first-order valence-electron chi connectivity index (χ1n) is 10.5. The lowest BCUT2D eigenvalue weighted by atomic mass is 10.0. The third-order valence-corrected chi connectivity index (χ3v) is 5.74. The Morgan fingerprint density at radius 3 is 2.59 bits per heavy atom. The van der Waals surface area contributed by atoms with Gasteiger partial charge in [-0.3, -0.25) is 10.1 Å². The molecule has 166 valence electrons. The molecule has 0 aliphatic carbocycles. The maximum Gasteiger partial charge on any atom is 0.250 e. The monoisotopic (exact) mass is 483 g/mol. The van der Waals surface area contributed by atoms with E-state index in [4.69, 9.17) is 28.2 Å². The van der Waals surface area contributed by atoms with Crippen LogP contribution in [0, 0.1) is 0 Å². The van der Waals surface area contributed by atoms with Crippen molar-refractivity contribution in [1.29, 1.82) is 0 Å². The van der Waals surface area contributed by atoms with Gasteiger partial charge in [0.15, 0.2) is 10.7 Å². The summed E-state index contributed by atoms with van der Waals surface area (Å²) in [6.07, 6.45) is 3.16. The molecule has 0 aliphatic rings. The number of fused-ring (bicyclic) bond motifs is 2. The van der Waals surface area contributed by atoms with Gasteiger partial charge in [-0.05, 0) is 59.6 Å². The number of halogens is 1. The van der Waals surface area contributed by atoms with Gasteiger partial charge in [0.05, 0.1) is 0 Å². The lowest BCUT2D eigenvalue weighted by Gasteiger charge is -2.07. The molecule has 2 N–H and O–H groups in total. The second-order valence-corrected chi connectivity index (χ2v) is 8.34. The molecule has 7 heteroatoms. The van der Waals surface area contributed by atoms with E-state index in [-0.39, 0.29) is 11.0 Å². The maximum atomic E-state index is 12.2. The second-order valence-electron chi connectivity index (χ2n) is 7.53. The fraction of sp³-hybridized carbons (Fsp3) is 0. The van der Waals surface area contributed by atoms with E-state index in [0.717, 1.165) is 21.9 Å². The Bertz CT molecular complexity index is 1560. The van der Waals surface area contributed by atoms with E-state index < -0.39 is 0 Å². The van der Waals surface area contributed by atoms with Crippen LogP contribution in [0.25, 0.3) is 39.4 Å². The Balaban J connectivity index is 1.32. The fourth-order valence-corrected chi connectivity index (χ4v) is 4.09. The van der Waals surface area contributed by atoms with Crippen molar-refractivity contribution < 1.29 is 9.21 Å². The third kappa shape index (κ3) is 4.69. The fourth-order valence-electron chi connectivity index (χ4n) is 3.63. The average Bonchev–Trinajstić information content (AvgIpc) is 3.26. The molecule has 5 aromatic rings. The molecule has 0 bridgehead atoms. The molecule has 0 fully saturated rings. The number of rotatable bonds is 4. The quantitative estimate of drug-likeness (QED) is 0.216. The number of nitrogens with zero attached hydrogens (tertiary/aromatic N) is 1. The highest BCUT2D eigenvalue weighted by molar-refractivity contribution is 7.80. The molecule has 0 unspecified atom stereocenters. The summed E-state index contributed by atoms with van der Waals surface area (Å²) in [5, 5.41) is 8.43. The Morgan fingerprint density at radius 2 is 1.74 bits per heavy atom. The van der Waals surface area contributed by atoms with Crippen molar-refractivity contribution in [3.05, 3.63) is 102 Å². The standard InChI is InChI=1S/C27H18ClN3O2S/c28-22-11-5-8-19-20(22)9-4-10-21(19)26-30-23-16-18(13-14-24(23)33-26)29-27(34)31-25(32)15-12-17-6-2-1-3-7-17/h1-16H,(H2,29,31,32,34). The minimum absolute atomic E-state index is 0.189. The highest BCUT2D eigenvalue weighted by Crippen LogP contribution is 2.33. The molecule has 0 saturated heterocycles. The minimum Gasteiger partial charge on any atom is -0.436 e. The van der Waals surface area contributed by atoms with E-state index in [9.17, 15) is 4.79 Å². The van der Waals surface area contributed by atoms with Crippen LogP contribution >= 0.6 is 23.8 Å².